The number of nitrogens with one attached hydrogen (secondary N) is 1. The van der Waals surface area contributed by atoms with Gasteiger partial charge in [0.1, 0.15) is 22.5 Å². The molecule has 0 bridgehead atoms. The van der Waals surface area contributed by atoms with E-state index < -0.39 is 0 Å². The van der Waals surface area contributed by atoms with Crippen molar-refractivity contribution >= 4 is 21.6 Å². The number of aryl methyl sites for hydroxylation is 2. The first kappa shape index (κ1) is 16.8. The summed E-state index contributed by atoms with van der Waals surface area (Å²) >= 11 is 1.67. The Balaban J connectivity index is 1.73. The lowest BCUT2D eigenvalue weighted by atomic mass is 9.98. The van der Waals surface area contributed by atoms with Gasteiger partial charge in [0.15, 0.2) is 6.61 Å². The maximum absolute atomic E-state index is 12.8. The minimum absolute atomic E-state index is 0.0150. The van der Waals surface area contributed by atoms with Gasteiger partial charge < -0.3 is 9.72 Å². The highest BCUT2D eigenvalue weighted by Gasteiger charge is 2.18. The smallest absolute Gasteiger partial charge is 0.260 e. The number of nitriles is 1. The molecule has 132 valence electrons. The summed E-state index contributed by atoms with van der Waals surface area (Å²) in [6.45, 7) is 0.0150. The molecule has 0 saturated heterocycles. The van der Waals surface area contributed by atoms with Crippen molar-refractivity contribution in [3.05, 3.63) is 45.1 Å². The van der Waals surface area contributed by atoms with Gasteiger partial charge >= 0.3 is 0 Å². The lowest BCUT2D eigenvalue weighted by Crippen LogP contribution is -2.10. The monoisotopic (exact) mass is 365 g/mol. The van der Waals surface area contributed by atoms with Gasteiger partial charge in [-0.15, -0.1) is 11.3 Å². The van der Waals surface area contributed by atoms with Gasteiger partial charge in [0.2, 0.25) is 0 Å². The topological polar surface area (TPSA) is 78.8 Å². The normalized spacial score (nSPS) is 14.3. The third-order valence-electron chi connectivity index (χ3n) is 4.76. The molecule has 0 fully saturated rings. The van der Waals surface area contributed by atoms with Gasteiger partial charge in [0.25, 0.3) is 5.56 Å². The molecule has 1 aromatic carbocycles. The highest BCUT2D eigenvalue weighted by molar-refractivity contribution is 7.18. The van der Waals surface area contributed by atoms with Crippen molar-refractivity contribution in [2.24, 2.45) is 0 Å². The molecular weight excluding hydrogens is 346 g/mol. The Kier molecular flexibility index (Phi) is 4.72. The number of aromatic amines is 1. The van der Waals surface area contributed by atoms with Crippen LogP contribution >= 0.6 is 11.3 Å². The van der Waals surface area contributed by atoms with Gasteiger partial charge in [0.05, 0.1) is 5.39 Å². The molecule has 0 aliphatic heterocycles. The number of hydrogen-bond acceptors (Lipinski definition) is 5. The van der Waals surface area contributed by atoms with Crippen LogP contribution in [-0.4, -0.2) is 16.6 Å². The lowest BCUT2D eigenvalue weighted by Gasteiger charge is -2.08. The van der Waals surface area contributed by atoms with E-state index in [0.717, 1.165) is 35.0 Å². The minimum Gasteiger partial charge on any atom is -0.479 e. The molecular formula is C20H19N3O2S. The Morgan fingerprint density at radius 2 is 1.92 bits per heavy atom. The fraction of sp³-hybridized carbons (Fsp3) is 0.350. The van der Waals surface area contributed by atoms with E-state index in [1.807, 2.05) is 18.2 Å². The van der Waals surface area contributed by atoms with Crippen molar-refractivity contribution in [1.29, 1.82) is 5.26 Å². The molecule has 5 nitrogen and oxygen atoms in total. The van der Waals surface area contributed by atoms with Crippen LogP contribution in [0.4, 0.5) is 0 Å². The van der Waals surface area contributed by atoms with E-state index in [1.54, 1.807) is 23.5 Å². The third-order valence-corrected chi connectivity index (χ3v) is 5.94. The van der Waals surface area contributed by atoms with E-state index in [9.17, 15) is 4.79 Å². The van der Waals surface area contributed by atoms with Crippen molar-refractivity contribution in [2.45, 2.75) is 38.5 Å². The molecule has 4 rings (SSSR count). The van der Waals surface area contributed by atoms with Gasteiger partial charge in [-0.3, -0.25) is 4.79 Å². The summed E-state index contributed by atoms with van der Waals surface area (Å²) in [5.74, 6) is 1.20. The molecule has 2 aromatic heterocycles. The molecule has 3 aromatic rings. The van der Waals surface area contributed by atoms with Crippen LogP contribution in [0, 0.1) is 11.3 Å². The average molecular weight is 365 g/mol. The second-order valence-electron chi connectivity index (χ2n) is 6.48. The number of fused-ring (bicyclic) bond motifs is 3. The largest absolute Gasteiger partial charge is 0.479 e. The summed E-state index contributed by atoms with van der Waals surface area (Å²) in [5, 5.41) is 9.35. The number of ether oxygens (including phenoxy) is 1. The van der Waals surface area contributed by atoms with E-state index in [1.165, 1.54) is 29.7 Å². The molecule has 0 radical (unpaired) electrons. The molecule has 0 atom stereocenters. The quantitative estimate of drug-likeness (QED) is 0.754. The number of thiophene rings is 1. The number of hydrogen-bond donors (Lipinski definition) is 1. The molecule has 1 aliphatic carbocycles. The van der Waals surface area contributed by atoms with Crippen molar-refractivity contribution in [3.8, 4) is 23.2 Å². The van der Waals surface area contributed by atoms with Crippen LogP contribution < -0.4 is 10.3 Å². The first-order chi connectivity index (χ1) is 12.8. The van der Waals surface area contributed by atoms with Gasteiger partial charge in [-0.05, 0) is 55.5 Å². The van der Waals surface area contributed by atoms with Crippen LogP contribution in [-0.2, 0) is 12.8 Å². The Labute approximate surface area is 155 Å². The van der Waals surface area contributed by atoms with E-state index >= 15 is 0 Å². The van der Waals surface area contributed by atoms with E-state index in [4.69, 9.17) is 15.0 Å². The predicted molar refractivity (Wildman–Crippen MR) is 103 cm³/mol. The standard InChI is InChI=1S/C20H19N3O2S/c21-11-12-25-14-9-7-13(8-10-14)18-22-19(24)17-15-5-3-1-2-4-6-16(15)26-20(17)23-18/h7-10H,1-6,12H2,(H,22,23,24). The first-order valence-electron chi connectivity index (χ1n) is 8.91. The Hall–Kier alpha value is -2.65. The maximum atomic E-state index is 12.8. The third kappa shape index (κ3) is 3.23. The van der Waals surface area contributed by atoms with Crippen LogP contribution in [0.1, 0.15) is 36.1 Å². The van der Waals surface area contributed by atoms with Crippen LogP contribution in [0.15, 0.2) is 29.1 Å². The Morgan fingerprint density at radius 1 is 1.15 bits per heavy atom. The summed E-state index contributed by atoms with van der Waals surface area (Å²) < 4.78 is 5.27. The van der Waals surface area contributed by atoms with Crippen LogP contribution in [0.3, 0.4) is 0 Å². The van der Waals surface area contributed by atoms with E-state index in [2.05, 4.69) is 4.98 Å². The maximum Gasteiger partial charge on any atom is 0.260 e. The Morgan fingerprint density at radius 3 is 2.69 bits per heavy atom. The molecule has 0 unspecified atom stereocenters. The predicted octanol–water partition coefficient (Wildman–Crippen LogP) is 4.21. The summed E-state index contributed by atoms with van der Waals surface area (Å²) in [5.41, 5.74) is 1.99. The van der Waals surface area contributed by atoms with Gasteiger partial charge in [-0.25, -0.2) is 4.98 Å². The molecule has 0 amide bonds. The number of rotatable bonds is 3. The number of aromatic nitrogens is 2. The van der Waals surface area contributed by atoms with Crippen LogP contribution in [0.2, 0.25) is 0 Å². The fourth-order valence-corrected chi connectivity index (χ4v) is 4.74. The molecule has 1 N–H and O–H groups in total. The summed E-state index contributed by atoms with van der Waals surface area (Å²) in [6.07, 6.45) is 6.86. The summed E-state index contributed by atoms with van der Waals surface area (Å²) in [6, 6.07) is 9.20. The lowest BCUT2D eigenvalue weighted by molar-refractivity contribution is 0.368. The highest BCUT2D eigenvalue weighted by Crippen LogP contribution is 2.33. The zero-order valence-corrected chi connectivity index (χ0v) is 15.2. The van der Waals surface area contributed by atoms with Gasteiger partial charge in [0, 0.05) is 10.4 Å². The van der Waals surface area contributed by atoms with Crippen molar-refractivity contribution in [3.63, 3.8) is 0 Å². The van der Waals surface area contributed by atoms with E-state index in [-0.39, 0.29) is 12.2 Å². The van der Waals surface area contributed by atoms with Gasteiger partial charge in [-0.2, -0.15) is 5.26 Å². The SMILES string of the molecule is N#CCOc1ccc(-c2nc3sc4c(c3c(=O)[nH]2)CCCCCC4)cc1. The second-order valence-corrected chi connectivity index (χ2v) is 7.57. The average Bonchev–Trinajstić information content (AvgIpc) is 2.97. The van der Waals surface area contributed by atoms with Crippen molar-refractivity contribution in [1.82, 2.24) is 9.97 Å². The molecule has 0 spiro atoms. The Bertz CT molecular complexity index is 1030. The zero-order valence-electron chi connectivity index (χ0n) is 14.4. The fourth-order valence-electron chi connectivity index (χ4n) is 3.48. The molecule has 2 heterocycles. The van der Waals surface area contributed by atoms with Crippen molar-refractivity contribution < 1.29 is 4.74 Å². The van der Waals surface area contributed by atoms with Crippen molar-refractivity contribution in [2.75, 3.05) is 6.61 Å². The molecule has 26 heavy (non-hydrogen) atoms. The summed E-state index contributed by atoms with van der Waals surface area (Å²) in [4.78, 5) is 22.6. The van der Waals surface area contributed by atoms with E-state index in [0.29, 0.717) is 11.6 Å². The second kappa shape index (κ2) is 7.30. The summed E-state index contributed by atoms with van der Waals surface area (Å²) in [7, 11) is 0. The minimum atomic E-state index is -0.0483. The first-order valence-corrected chi connectivity index (χ1v) is 9.72. The van der Waals surface area contributed by atoms with Crippen LogP contribution in [0.5, 0.6) is 5.75 Å². The molecule has 0 saturated carbocycles. The highest BCUT2D eigenvalue weighted by atomic mass is 32.1. The number of nitrogens with zero attached hydrogens (tertiary/aromatic N) is 2. The molecule has 1 aliphatic rings. The van der Waals surface area contributed by atoms with Crippen LogP contribution in [0.25, 0.3) is 21.6 Å². The number of benzene rings is 1. The zero-order chi connectivity index (χ0) is 17.9. The molecule has 6 heteroatoms. The van der Waals surface area contributed by atoms with Gasteiger partial charge in [-0.1, -0.05) is 12.8 Å². The number of H-pyrrole nitrogens is 1.